The fraction of sp³-hybridized carbons (Fsp3) is 0.412. The molecule has 0 saturated carbocycles. The molecule has 2 aromatic rings. The van der Waals surface area contributed by atoms with Gasteiger partial charge in [0, 0.05) is 18.7 Å². The van der Waals surface area contributed by atoms with E-state index in [4.69, 9.17) is 9.26 Å². The first-order valence-corrected chi connectivity index (χ1v) is 7.73. The summed E-state index contributed by atoms with van der Waals surface area (Å²) in [5, 5.41) is 14.2. The van der Waals surface area contributed by atoms with Gasteiger partial charge in [0.1, 0.15) is 11.4 Å². The average Bonchev–Trinajstić information content (AvgIpc) is 3.23. The molecule has 0 aliphatic carbocycles. The average molecular weight is 316 g/mol. The Bertz CT molecular complexity index is 685. The van der Waals surface area contributed by atoms with Gasteiger partial charge in [-0.25, -0.2) is 0 Å². The van der Waals surface area contributed by atoms with E-state index in [1.807, 2.05) is 12.1 Å². The number of amides is 1. The number of carbonyl (C=O) groups excluding carboxylic acids is 1. The number of aromatic nitrogens is 1. The van der Waals surface area contributed by atoms with Crippen molar-refractivity contribution in [2.75, 3.05) is 20.2 Å². The van der Waals surface area contributed by atoms with E-state index in [-0.39, 0.29) is 11.7 Å². The Morgan fingerprint density at radius 2 is 1.96 bits per heavy atom. The number of likely N-dealkylation sites (tertiary alicyclic amines) is 1. The van der Waals surface area contributed by atoms with Crippen molar-refractivity contribution in [2.45, 2.75) is 25.9 Å². The monoisotopic (exact) mass is 316 g/mol. The number of carbonyl (C=O) groups is 1. The Kier molecular flexibility index (Phi) is 4.34. The minimum Gasteiger partial charge on any atom is -0.497 e. The minimum atomic E-state index is -0.847. The lowest BCUT2D eigenvalue weighted by Gasteiger charge is -2.14. The van der Waals surface area contributed by atoms with Gasteiger partial charge in [0.05, 0.1) is 18.8 Å². The number of ether oxygens (including phenoxy) is 1. The molecule has 1 aliphatic heterocycles. The maximum Gasteiger partial charge on any atom is 0.292 e. The largest absolute Gasteiger partial charge is 0.497 e. The van der Waals surface area contributed by atoms with Crippen LogP contribution >= 0.6 is 0 Å². The van der Waals surface area contributed by atoms with Crippen LogP contribution in [-0.2, 0) is 0 Å². The third-order valence-corrected chi connectivity index (χ3v) is 4.10. The number of aliphatic hydroxyl groups excluding tert-OH is 1. The van der Waals surface area contributed by atoms with Crippen molar-refractivity contribution in [3.63, 3.8) is 0 Å². The van der Waals surface area contributed by atoms with Crippen LogP contribution in [-0.4, -0.2) is 41.3 Å². The highest BCUT2D eigenvalue weighted by molar-refractivity contribution is 5.94. The van der Waals surface area contributed by atoms with E-state index in [2.05, 4.69) is 5.16 Å². The molecule has 1 aliphatic rings. The van der Waals surface area contributed by atoms with Crippen LogP contribution in [0.1, 0.15) is 42.0 Å². The van der Waals surface area contributed by atoms with Crippen LogP contribution in [0.15, 0.2) is 28.8 Å². The van der Waals surface area contributed by atoms with Crippen molar-refractivity contribution < 1.29 is 19.2 Å². The lowest BCUT2D eigenvalue weighted by atomic mass is 10.0. The molecule has 1 aromatic carbocycles. The van der Waals surface area contributed by atoms with Crippen LogP contribution in [0.3, 0.4) is 0 Å². The van der Waals surface area contributed by atoms with Crippen LogP contribution in [0.25, 0.3) is 11.3 Å². The zero-order chi connectivity index (χ0) is 16.4. The molecular weight excluding hydrogens is 296 g/mol. The number of nitrogens with zero attached hydrogens (tertiary/aromatic N) is 2. The minimum absolute atomic E-state index is 0.132. The molecule has 0 spiro atoms. The summed E-state index contributed by atoms with van der Waals surface area (Å²) in [6.07, 6.45) is 1.14. The molecule has 0 bridgehead atoms. The Morgan fingerprint density at radius 3 is 2.52 bits per heavy atom. The summed E-state index contributed by atoms with van der Waals surface area (Å²) in [5.74, 6) is 0.655. The van der Waals surface area contributed by atoms with Crippen LogP contribution in [0.2, 0.25) is 0 Å². The molecule has 1 saturated heterocycles. The van der Waals surface area contributed by atoms with Gasteiger partial charge < -0.3 is 19.3 Å². The van der Waals surface area contributed by atoms with Gasteiger partial charge in [-0.1, -0.05) is 5.16 Å². The molecular formula is C17H20N2O4. The zero-order valence-corrected chi connectivity index (χ0v) is 13.3. The predicted molar refractivity (Wildman–Crippen MR) is 84.3 cm³/mol. The molecule has 23 heavy (non-hydrogen) atoms. The van der Waals surface area contributed by atoms with Gasteiger partial charge in [-0.15, -0.1) is 0 Å². The highest BCUT2D eigenvalue weighted by Crippen LogP contribution is 2.32. The molecule has 1 fully saturated rings. The molecule has 0 radical (unpaired) electrons. The van der Waals surface area contributed by atoms with Gasteiger partial charge in [-0.2, -0.15) is 0 Å². The maximum absolute atomic E-state index is 12.6. The van der Waals surface area contributed by atoms with E-state index in [1.54, 1.807) is 31.1 Å². The Labute approximate surface area is 134 Å². The second-order valence-corrected chi connectivity index (χ2v) is 5.68. The van der Waals surface area contributed by atoms with Crippen LogP contribution < -0.4 is 4.74 Å². The Balaban J connectivity index is 1.99. The molecule has 3 rings (SSSR count). The molecule has 1 aromatic heterocycles. The summed E-state index contributed by atoms with van der Waals surface area (Å²) in [6, 6.07) is 7.26. The van der Waals surface area contributed by atoms with E-state index in [9.17, 15) is 9.90 Å². The quantitative estimate of drug-likeness (QED) is 0.938. The first-order valence-electron chi connectivity index (χ1n) is 7.73. The van der Waals surface area contributed by atoms with Crippen molar-refractivity contribution in [3.05, 3.63) is 35.6 Å². The SMILES string of the molecule is COc1ccc(-c2noc(C(=O)N3CCCC3)c2[C@H](C)O)cc1. The normalized spacial score (nSPS) is 15.7. The van der Waals surface area contributed by atoms with E-state index in [0.29, 0.717) is 11.3 Å². The first kappa shape index (κ1) is 15.6. The van der Waals surface area contributed by atoms with E-state index in [0.717, 1.165) is 37.2 Å². The fourth-order valence-corrected chi connectivity index (χ4v) is 2.86. The summed E-state index contributed by atoms with van der Waals surface area (Å²) < 4.78 is 10.4. The number of hydrogen-bond donors (Lipinski definition) is 1. The molecule has 122 valence electrons. The number of benzene rings is 1. The number of rotatable bonds is 4. The summed E-state index contributed by atoms with van der Waals surface area (Å²) in [7, 11) is 1.60. The molecule has 6 heteroatoms. The van der Waals surface area contributed by atoms with Gasteiger partial charge in [-0.05, 0) is 44.0 Å². The zero-order valence-electron chi connectivity index (χ0n) is 13.3. The number of methoxy groups -OCH3 is 1. The van der Waals surface area contributed by atoms with Crippen LogP contribution in [0.5, 0.6) is 5.75 Å². The van der Waals surface area contributed by atoms with E-state index in [1.165, 1.54) is 0 Å². The summed E-state index contributed by atoms with van der Waals surface area (Å²) >= 11 is 0. The van der Waals surface area contributed by atoms with Crippen molar-refractivity contribution in [1.82, 2.24) is 10.1 Å². The molecule has 1 atom stereocenters. The van der Waals surface area contributed by atoms with Gasteiger partial charge in [-0.3, -0.25) is 4.79 Å². The van der Waals surface area contributed by atoms with Crippen molar-refractivity contribution in [1.29, 1.82) is 0 Å². The van der Waals surface area contributed by atoms with Crippen LogP contribution in [0.4, 0.5) is 0 Å². The molecule has 1 amide bonds. The molecule has 0 unspecified atom stereocenters. The van der Waals surface area contributed by atoms with Crippen LogP contribution in [0, 0.1) is 0 Å². The predicted octanol–water partition coefficient (Wildman–Crippen LogP) is 2.64. The molecule has 2 heterocycles. The lowest BCUT2D eigenvalue weighted by Crippen LogP contribution is -2.28. The Morgan fingerprint density at radius 1 is 1.30 bits per heavy atom. The summed E-state index contributed by atoms with van der Waals surface area (Å²) in [5.41, 5.74) is 1.70. The smallest absolute Gasteiger partial charge is 0.292 e. The summed E-state index contributed by atoms with van der Waals surface area (Å²) in [6.45, 7) is 3.05. The van der Waals surface area contributed by atoms with E-state index < -0.39 is 6.10 Å². The van der Waals surface area contributed by atoms with E-state index >= 15 is 0 Å². The first-order chi connectivity index (χ1) is 11.1. The molecule has 1 N–H and O–H groups in total. The fourth-order valence-electron chi connectivity index (χ4n) is 2.86. The van der Waals surface area contributed by atoms with Crippen molar-refractivity contribution in [2.24, 2.45) is 0 Å². The second-order valence-electron chi connectivity index (χ2n) is 5.68. The third kappa shape index (κ3) is 2.94. The maximum atomic E-state index is 12.6. The van der Waals surface area contributed by atoms with Gasteiger partial charge >= 0.3 is 0 Å². The van der Waals surface area contributed by atoms with Crippen molar-refractivity contribution >= 4 is 5.91 Å². The Hall–Kier alpha value is -2.34. The third-order valence-electron chi connectivity index (χ3n) is 4.10. The lowest BCUT2D eigenvalue weighted by molar-refractivity contribution is 0.0743. The number of hydrogen-bond acceptors (Lipinski definition) is 5. The number of aliphatic hydroxyl groups is 1. The second kappa shape index (κ2) is 6.42. The van der Waals surface area contributed by atoms with Gasteiger partial charge in [0.25, 0.3) is 5.91 Å². The highest BCUT2D eigenvalue weighted by Gasteiger charge is 2.30. The highest BCUT2D eigenvalue weighted by atomic mass is 16.5. The van der Waals surface area contributed by atoms with Gasteiger partial charge in [0.15, 0.2) is 0 Å². The van der Waals surface area contributed by atoms with Crippen molar-refractivity contribution in [3.8, 4) is 17.0 Å². The molecule has 6 nitrogen and oxygen atoms in total. The standard InChI is InChI=1S/C17H20N2O4/c1-11(20)14-15(12-5-7-13(22-2)8-6-12)18-23-16(14)17(21)19-9-3-4-10-19/h5-8,11,20H,3-4,9-10H2,1-2H3/t11-/m0/s1. The van der Waals surface area contributed by atoms with Gasteiger partial charge in [0.2, 0.25) is 5.76 Å². The topological polar surface area (TPSA) is 75.8 Å². The summed E-state index contributed by atoms with van der Waals surface area (Å²) in [4.78, 5) is 14.3.